The van der Waals surface area contributed by atoms with Crippen LogP contribution in [0.25, 0.3) is 33.3 Å². The standard InChI is InChI=1S/C30H36N4O4/c1-6-12-34(7-2)14-13-33(3)30(36)24-15-20(17-27(38-5)28(24)35)21-16-23-25(19-32-29(23)31-18-21)22-10-8-9-11-26(22)37-4/h8-11,15-19,35H,6-7,12-14H2,1-5H3,(H,31,32). The fourth-order valence-electron chi connectivity index (χ4n) is 4.69. The summed E-state index contributed by atoms with van der Waals surface area (Å²) < 4.78 is 11.0. The van der Waals surface area contributed by atoms with Gasteiger partial charge in [-0.05, 0) is 49.3 Å². The molecule has 4 rings (SSSR count). The first-order valence-corrected chi connectivity index (χ1v) is 12.9. The Morgan fingerprint density at radius 3 is 2.45 bits per heavy atom. The van der Waals surface area contributed by atoms with E-state index in [1.54, 1.807) is 37.4 Å². The summed E-state index contributed by atoms with van der Waals surface area (Å²) in [7, 11) is 4.89. The van der Waals surface area contributed by atoms with Crippen LogP contribution in [0.4, 0.5) is 0 Å². The number of H-pyrrole nitrogens is 1. The van der Waals surface area contributed by atoms with Crippen molar-refractivity contribution in [3.63, 3.8) is 0 Å². The van der Waals surface area contributed by atoms with Crippen molar-refractivity contribution in [3.05, 3.63) is 60.4 Å². The number of para-hydroxylation sites is 1. The number of nitrogens with zero attached hydrogens (tertiary/aromatic N) is 3. The van der Waals surface area contributed by atoms with Crippen LogP contribution in [0.3, 0.4) is 0 Å². The number of methoxy groups -OCH3 is 2. The number of pyridine rings is 1. The van der Waals surface area contributed by atoms with Crippen LogP contribution in [0.2, 0.25) is 0 Å². The first-order chi connectivity index (χ1) is 18.4. The van der Waals surface area contributed by atoms with Gasteiger partial charge < -0.3 is 29.4 Å². The summed E-state index contributed by atoms with van der Waals surface area (Å²) in [5.41, 5.74) is 4.36. The molecule has 2 heterocycles. The highest BCUT2D eigenvalue weighted by Gasteiger charge is 2.22. The van der Waals surface area contributed by atoms with Crippen molar-refractivity contribution in [2.45, 2.75) is 20.3 Å². The number of phenolic OH excluding ortho intramolecular Hbond substituents is 1. The SMILES string of the molecule is CCCN(CC)CCN(C)C(=O)c1cc(-c2cnc3[nH]cc(-c4ccccc4OC)c3c2)cc(OC)c1O. The van der Waals surface area contributed by atoms with E-state index in [9.17, 15) is 9.90 Å². The topological polar surface area (TPSA) is 90.9 Å². The molecule has 0 radical (unpaired) electrons. The van der Waals surface area contributed by atoms with Gasteiger partial charge in [-0.2, -0.15) is 0 Å². The minimum absolute atomic E-state index is 0.167. The fourth-order valence-corrected chi connectivity index (χ4v) is 4.69. The smallest absolute Gasteiger partial charge is 0.257 e. The Labute approximate surface area is 223 Å². The number of ether oxygens (including phenoxy) is 2. The zero-order valence-electron chi connectivity index (χ0n) is 22.7. The van der Waals surface area contributed by atoms with Gasteiger partial charge in [0.2, 0.25) is 0 Å². The van der Waals surface area contributed by atoms with E-state index >= 15 is 0 Å². The average molecular weight is 517 g/mol. The Kier molecular flexibility index (Phi) is 8.53. The number of likely N-dealkylation sites (N-methyl/N-ethyl adjacent to an activating group) is 2. The number of benzene rings is 2. The summed E-state index contributed by atoms with van der Waals surface area (Å²) >= 11 is 0. The van der Waals surface area contributed by atoms with Crippen molar-refractivity contribution < 1.29 is 19.4 Å². The summed E-state index contributed by atoms with van der Waals surface area (Å²) in [6.45, 7) is 7.49. The van der Waals surface area contributed by atoms with Crippen molar-refractivity contribution in [2.24, 2.45) is 0 Å². The van der Waals surface area contributed by atoms with E-state index in [0.29, 0.717) is 6.54 Å². The van der Waals surface area contributed by atoms with E-state index in [0.717, 1.165) is 65.1 Å². The molecule has 0 bridgehead atoms. The van der Waals surface area contributed by atoms with E-state index in [2.05, 4.69) is 28.7 Å². The molecule has 0 unspecified atom stereocenters. The van der Waals surface area contributed by atoms with Gasteiger partial charge in [0.1, 0.15) is 11.4 Å². The molecule has 0 aliphatic carbocycles. The van der Waals surface area contributed by atoms with Gasteiger partial charge in [-0.15, -0.1) is 0 Å². The maximum absolute atomic E-state index is 13.4. The van der Waals surface area contributed by atoms with E-state index in [-0.39, 0.29) is 23.0 Å². The molecule has 0 saturated heterocycles. The zero-order chi connectivity index (χ0) is 27.2. The molecule has 0 spiro atoms. The van der Waals surface area contributed by atoms with E-state index < -0.39 is 0 Å². The lowest BCUT2D eigenvalue weighted by atomic mass is 9.99. The fraction of sp³-hybridized carbons (Fsp3) is 0.333. The van der Waals surface area contributed by atoms with Crippen LogP contribution in [0.5, 0.6) is 17.2 Å². The second-order valence-corrected chi connectivity index (χ2v) is 9.26. The summed E-state index contributed by atoms with van der Waals surface area (Å²) in [5, 5.41) is 11.8. The number of carbonyl (C=O) groups is 1. The average Bonchev–Trinajstić information content (AvgIpc) is 3.37. The molecule has 0 aliphatic heterocycles. The molecule has 8 heteroatoms. The molecule has 2 N–H and O–H groups in total. The normalized spacial score (nSPS) is 11.2. The Morgan fingerprint density at radius 1 is 0.974 bits per heavy atom. The molecule has 0 saturated carbocycles. The summed E-state index contributed by atoms with van der Waals surface area (Å²) in [6.07, 6.45) is 4.72. The number of carbonyl (C=O) groups excluding carboxylic acids is 1. The van der Waals surface area contributed by atoms with Gasteiger partial charge in [-0.1, -0.05) is 32.0 Å². The number of nitrogens with one attached hydrogen (secondary N) is 1. The van der Waals surface area contributed by atoms with Crippen LogP contribution in [-0.4, -0.2) is 78.2 Å². The number of aromatic amines is 1. The zero-order valence-corrected chi connectivity index (χ0v) is 22.7. The lowest BCUT2D eigenvalue weighted by Gasteiger charge is -2.24. The Bertz CT molecular complexity index is 1410. The monoisotopic (exact) mass is 516 g/mol. The number of amides is 1. The van der Waals surface area contributed by atoms with Crippen LogP contribution >= 0.6 is 0 Å². The van der Waals surface area contributed by atoms with Gasteiger partial charge in [0, 0.05) is 54.6 Å². The highest BCUT2D eigenvalue weighted by molar-refractivity contribution is 6.00. The molecule has 0 aliphatic rings. The maximum Gasteiger partial charge on any atom is 0.257 e. The predicted octanol–water partition coefficient (Wildman–Crippen LogP) is 5.42. The summed E-state index contributed by atoms with van der Waals surface area (Å²) in [5.74, 6) is 0.570. The number of rotatable bonds is 11. The molecule has 2 aromatic heterocycles. The Balaban J connectivity index is 1.71. The van der Waals surface area contributed by atoms with Gasteiger partial charge in [0.05, 0.1) is 19.8 Å². The van der Waals surface area contributed by atoms with Crippen molar-refractivity contribution in [3.8, 4) is 39.5 Å². The molecule has 2 aromatic carbocycles. The van der Waals surface area contributed by atoms with Crippen LogP contribution in [-0.2, 0) is 0 Å². The third kappa shape index (κ3) is 5.45. The number of hydrogen-bond acceptors (Lipinski definition) is 6. The number of aromatic nitrogens is 2. The number of hydrogen-bond donors (Lipinski definition) is 2. The minimum atomic E-state index is -0.263. The van der Waals surface area contributed by atoms with Crippen LogP contribution < -0.4 is 9.47 Å². The molecule has 4 aromatic rings. The van der Waals surface area contributed by atoms with Crippen molar-refractivity contribution in [1.29, 1.82) is 0 Å². The molecule has 200 valence electrons. The number of aromatic hydroxyl groups is 1. The second kappa shape index (κ2) is 12.0. The molecular formula is C30H36N4O4. The lowest BCUT2D eigenvalue weighted by Crippen LogP contribution is -2.36. The van der Waals surface area contributed by atoms with Crippen molar-refractivity contribution in [1.82, 2.24) is 19.8 Å². The number of phenols is 1. The highest BCUT2D eigenvalue weighted by Crippen LogP contribution is 2.39. The first-order valence-electron chi connectivity index (χ1n) is 12.9. The first kappa shape index (κ1) is 27.0. The van der Waals surface area contributed by atoms with Gasteiger partial charge in [-0.25, -0.2) is 4.98 Å². The Morgan fingerprint density at radius 2 is 1.74 bits per heavy atom. The van der Waals surface area contributed by atoms with Gasteiger partial charge in [0.25, 0.3) is 5.91 Å². The molecule has 38 heavy (non-hydrogen) atoms. The van der Waals surface area contributed by atoms with E-state index in [4.69, 9.17) is 9.47 Å². The van der Waals surface area contributed by atoms with Crippen LogP contribution in [0.1, 0.15) is 30.6 Å². The van der Waals surface area contributed by atoms with E-state index in [1.807, 2.05) is 36.5 Å². The van der Waals surface area contributed by atoms with Gasteiger partial charge in [-0.3, -0.25) is 4.79 Å². The molecule has 1 amide bonds. The quantitative estimate of drug-likeness (QED) is 0.277. The third-order valence-corrected chi connectivity index (χ3v) is 6.87. The van der Waals surface area contributed by atoms with Crippen LogP contribution in [0, 0.1) is 0 Å². The van der Waals surface area contributed by atoms with E-state index in [1.165, 1.54) is 7.11 Å². The van der Waals surface area contributed by atoms with Gasteiger partial charge >= 0.3 is 0 Å². The maximum atomic E-state index is 13.4. The molecule has 0 atom stereocenters. The van der Waals surface area contributed by atoms with Gasteiger partial charge in [0.15, 0.2) is 11.5 Å². The van der Waals surface area contributed by atoms with Crippen molar-refractivity contribution >= 4 is 16.9 Å². The summed E-state index contributed by atoms with van der Waals surface area (Å²) in [6, 6.07) is 13.3. The minimum Gasteiger partial charge on any atom is -0.504 e. The molecule has 0 fully saturated rings. The lowest BCUT2D eigenvalue weighted by molar-refractivity contribution is 0.0775. The van der Waals surface area contributed by atoms with Crippen LogP contribution in [0.15, 0.2) is 54.9 Å². The molecule has 8 nitrogen and oxygen atoms in total. The Hall–Kier alpha value is -4.04. The predicted molar refractivity (Wildman–Crippen MR) is 151 cm³/mol. The summed E-state index contributed by atoms with van der Waals surface area (Å²) in [4.78, 5) is 25.2. The molecular weight excluding hydrogens is 480 g/mol. The highest BCUT2D eigenvalue weighted by atomic mass is 16.5. The largest absolute Gasteiger partial charge is 0.504 e. The third-order valence-electron chi connectivity index (χ3n) is 6.87. The number of fused-ring (bicyclic) bond motifs is 1. The second-order valence-electron chi connectivity index (χ2n) is 9.26. The van der Waals surface area contributed by atoms with Crippen molar-refractivity contribution in [2.75, 3.05) is 47.4 Å².